The van der Waals surface area contributed by atoms with Crippen LogP contribution in [-0.4, -0.2) is 47.0 Å². The fourth-order valence-corrected chi connectivity index (χ4v) is 3.00. The second-order valence-electron chi connectivity index (χ2n) is 6.86. The van der Waals surface area contributed by atoms with Crippen molar-refractivity contribution in [2.24, 2.45) is 0 Å². The summed E-state index contributed by atoms with van der Waals surface area (Å²) in [5, 5.41) is 6.04. The number of benzene rings is 1. The highest BCUT2D eigenvalue weighted by Gasteiger charge is 2.29. The molecule has 3 aromatic rings. The molecule has 3 rings (SSSR count). The molecule has 11 nitrogen and oxygen atoms in total. The first-order valence-corrected chi connectivity index (χ1v) is 9.90. The average molecular weight is 455 g/mol. The lowest BCUT2D eigenvalue weighted by Crippen LogP contribution is -2.22. The predicted molar refractivity (Wildman–Crippen MR) is 113 cm³/mol. The Bertz CT molecular complexity index is 1210. The van der Waals surface area contributed by atoms with Crippen LogP contribution < -0.4 is 5.32 Å². The van der Waals surface area contributed by atoms with Crippen molar-refractivity contribution >= 4 is 29.5 Å². The molecule has 0 fully saturated rings. The first-order chi connectivity index (χ1) is 15.7. The van der Waals surface area contributed by atoms with Crippen LogP contribution in [0, 0.1) is 13.8 Å². The van der Waals surface area contributed by atoms with Crippen molar-refractivity contribution < 1.29 is 37.6 Å². The molecular weight excluding hydrogens is 434 g/mol. The van der Waals surface area contributed by atoms with Gasteiger partial charge in [0.25, 0.3) is 11.8 Å². The molecule has 0 saturated heterocycles. The highest BCUT2D eigenvalue weighted by Crippen LogP contribution is 2.28. The van der Waals surface area contributed by atoms with Crippen LogP contribution in [0.1, 0.15) is 56.5 Å². The molecule has 33 heavy (non-hydrogen) atoms. The number of carbonyl (C=O) groups is 4. The van der Waals surface area contributed by atoms with E-state index < -0.39 is 30.2 Å². The van der Waals surface area contributed by atoms with E-state index >= 15 is 0 Å². The second kappa shape index (κ2) is 9.90. The van der Waals surface area contributed by atoms with Gasteiger partial charge in [-0.2, -0.15) is 4.98 Å². The number of aryl methyl sites for hydroxylation is 2. The summed E-state index contributed by atoms with van der Waals surface area (Å²) in [6, 6.07) is 6.18. The molecule has 1 aromatic carbocycles. The Labute approximate surface area is 188 Å². The Morgan fingerprint density at radius 3 is 2.27 bits per heavy atom. The minimum atomic E-state index is -0.816. The zero-order valence-electron chi connectivity index (χ0n) is 18.4. The van der Waals surface area contributed by atoms with Gasteiger partial charge in [-0.15, -0.1) is 0 Å². The number of ether oxygens (including phenoxy) is 2. The number of ketones is 1. The highest BCUT2D eigenvalue weighted by atomic mass is 16.5. The Balaban J connectivity index is 1.65. The fourth-order valence-electron chi connectivity index (χ4n) is 3.00. The summed E-state index contributed by atoms with van der Waals surface area (Å²) in [5.41, 5.74) is 0.638. The van der Waals surface area contributed by atoms with E-state index in [2.05, 4.69) is 15.5 Å². The fraction of sp³-hybridized carbons (Fsp3) is 0.273. The summed E-state index contributed by atoms with van der Waals surface area (Å²) < 4.78 is 20.4. The van der Waals surface area contributed by atoms with Gasteiger partial charge in [-0.25, -0.2) is 9.59 Å². The van der Waals surface area contributed by atoms with Crippen LogP contribution in [0.4, 0.5) is 5.88 Å². The van der Waals surface area contributed by atoms with Crippen LogP contribution in [0.5, 0.6) is 0 Å². The van der Waals surface area contributed by atoms with E-state index in [0.29, 0.717) is 17.3 Å². The topological polar surface area (TPSA) is 151 Å². The van der Waals surface area contributed by atoms with Crippen LogP contribution >= 0.6 is 0 Å². The van der Waals surface area contributed by atoms with Crippen molar-refractivity contribution in [2.45, 2.75) is 27.7 Å². The van der Waals surface area contributed by atoms with Gasteiger partial charge in [-0.3, -0.25) is 14.9 Å². The maximum Gasteiger partial charge on any atom is 0.344 e. The van der Waals surface area contributed by atoms with Gasteiger partial charge >= 0.3 is 11.9 Å². The van der Waals surface area contributed by atoms with Crippen molar-refractivity contribution in [3.8, 4) is 11.5 Å². The molecular formula is C22H21N3O8. The molecule has 0 aliphatic carbocycles. The summed E-state index contributed by atoms with van der Waals surface area (Å²) in [4.78, 5) is 52.9. The third kappa shape index (κ3) is 5.32. The molecule has 2 heterocycles. The number of rotatable bonds is 8. The summed E-state index contributed by atoms with van der Waals surface area (Å²) >= 11 is 0. The smallest absolute Gasteiger partial charge is 0.344 e. The van der Waals surface area contributed by atoms with Gasteiger partial charge in [0.15, 0.2) is 18.2 Å². The van der Waals surface area contributed by atoms with E-state index in [4.69, 9.17) is 18.4 Å². The van der Waals surface area contributed by atoms with E-state index in [1.807, 2.05) is 0 Å². The number of furan rings is 1. The third-order valence-electron chi connectivity index (χ3n) is 4.40. The molecule has 1 N–H and O–H groups in total. The largest absolute Gasteiger partial charge is 0.462 e. The predicted octanol–water partition coefficient (Wildman–Crippen LogP) is 3.12. The molecule has 0 radical (unpaired) electrons. The Kier molecular flexibility index (Phi) is 7.01. The lowest BCUT2D eigenvalue weighted by atomic mass is 10.1. The molecule has 0 bridgehead atoms. The minimum absolute atomic E-state index is 0.0114. The van der Waals surface area contributed by atoms with Crippen LogP contribution in [0.15, 0.2) is 33.2 Å². The summed E-state index contributed by atoms with van der Waals surface area (Å²) in [5.74, 6) is -2.07. The molecule has 0 aliphatic rings. The van der Waals surface area contributed by atoms with Gasteiger partial charge < -0.3 is 18.4 Å². The molecule has 2 aromatic heterocycles. The van der Waals surface area contributed by atoms with Gasteiger partial charge in [-0.05, 0) is 52.0 Å². The number of Topliss-reactive ketones (excluding diaryl/α,β-unsaturated/α-hetero) is 1. The van der Waals surface area contributed by atoms with E-state index in [0.717, 1.165) is 0 Å². The molecule has 0 atom stereocenters. The summed E-state index contributed by atoms with van der Waals surface area (Å²) in [7, 11) is 0. The van der Waals surface area contributed by atoms with Crippen molar-refractivity contribution in [3.05, 3.63) is 52.5 Å². The van der Waals surface area contributed by atoms with Crippen LogP contribution in [0.25, 0.3) is 11.5 Å². The monoisotopic (exact) mass is 455 g/mol. The Hall–Kier alpha value is -4.28. The second-order valence-corrected chi connectivity index (χ2v) is 6.86. The third-order valence-corrected chi connectivity index (χ3v) is 4.40. The molecule has 0 aliphatic heterocycles. The van der Waals surface area contributed by atoms with Gasteiger partial charge in [0, 0.05) is 5.56 Å². The number of nitrogens with zero attached hydrogens (tertiary/aromatic N) is 2. The van der Waals surface area contributed by atoms with Crippen molar-refractivity contribution in [1.29, 1.82) is 0 Å². The zero-order chi connectivity index (χ0) is 24.1. The number of carbonyl (C=O) groups excluding carboxylic acids is 4. The van der Waals surface area contributed by atoms with Crippen molar-refractivity contribution in [1.82, 2.24) is 10.1 Å². The molecule has 0 saturated carbocycles. The average Bonchev–Trinajstić information content (AvgIpc) is 3.35. The first-order valence-electron chi connectivity index (χ1n) is 9.90. The number of amides is 1. The maximum atomic E-state index is 12.3. The summed E-state index contributed by atoms with van der Waals surface area (Å²) in [6.45, 7) is 5.44. The normalized spacial score (nSPS) is 10.5. The number of hydrogen-bond donors (Lipinski definition) is 1. The van der Waals surface area contributed by atoms with E-state index in [9.17, 15) is 19.2 Å². The standard InChI is InChI=1S/C22H21N3O8/c1-5-30-22(29)18-17(11(2)26)12(3)32-20(18)24-16(27)10-31-21(28)15-8-6-14(7-9-15)19-23-13(4)25-33-19/h6-9H,5,10H2,1-4H3,(H,24,27). The Morgan fingerprint density at radius 2 is 1.70 bits per heavy atom. The zero-order valence-corrected chi connectivity index (χ0v) is 18.4. The number of esters is 2. The molecule has 1 amide bonds. The molecule has 0 unspecified atom stereocenters. The van der Waals surface area contributed by atoms with E-state index in [-0.39, 0.29) is 34.9 Å². The highest BCUT2D eigenvalue weighted by molar-refractivity contribution is 6.10. The SMILES string of the molecule is CCOC(=O)c1c(NC(=O)COC(=O)c2ccc(-c3nc(C)no3)cc2)oc(C)c1C(C)=O. The Morgan fingerprint density at radius 1 is 1.00 bits per heavy atom. The molecule has 11 heteroatoms. The van der Waals surface area contributed by atoms with E-state index in [1.54, 1.807) is 26.0 Å². The van der Waals surface area contributed by atoms with Gasteiger partial charge in [0.1, 0.15) is 11.3 Å². The number of anilines is 1. The van der Waals surface area contributed by atoms with Crippen LogP contribution in [0.3, 0.4) is 0 Å². The molecule has 172 valence electrons. The van der Waals surface area contributed by atoms with Crippen molar-refractivity contribution in [3.63, 3.8) is 0 Å². The van der Waals surface area contributed by atoms with Crippen molar-refractivity contribution in [2.75, 3.05) is 18.5 Å². The minimum Gasteiger partial charge on any atom is -0.462 e. The van der Waals surface area contributed by atoms with Crippen LogP contribution in [-0.2, 0) is 14.3 Å². The van der Waals surface area contributed by atoms with Crippen LogP contribution in [0.2, 0.25) is 0 Å². The van der Waals surface area contributed by atoms with Gasteiger partial charge in [0.2, 0.25) is 5.88 Å². The number of nitrogens with one attached hydrogen (secondary N) is 1. The van der Waals surface area contributed by atoms with Gasteiger partial charge in [-0.1, -0.05) is 5.16 Å². The number of aromatic nitrogens is 2. The van der Waals surface area contributed by atoms with E-state index in [1.165, 1.54) is 26.0 Å². The lowest BCUT2D eigenvalue weighted by Gasteiger charge is -2.07. The first kappa shape index (κ1) is 23.4. The van der Waals surface area contributed by atoms with Gasteiger partial charge in [0.05, 0.1) is 17.7 Å². The number of hydrogen-bond acceptors (Lipinski definition) is 10. The molecule has 0 spiro atoms. The summed E-state index contributed by atoms with van der Waals surface area (Å²) in [6.07, 6.45) is 0. The lowest BCUT2D eigenvalue weighted by molar-refractivity contribution is -0.119. The maximum absolute atomic E-state index is 12.3. The quantitative estimate of drug-likeness (QED) is 0.396.